The van der Waals surface area contributed by atoms with Crippen molar-refractivity contribution in [3.05, 3.63) is 53.2 Å². The van der Waals surface area contributed by atoms with Crippen molar-refractivity contribution in [2.75, 3.05) is 36.4 Å². The van der Waals surface area contributed by atoms with Crippen LogP contribution < -0.4 is 15.5 Å². The van der Waals surface area contributed by atoms with Crippen LogP contribution in [-0.4, -0.2) is 42.1 Å². The molecule has 27 heavy (non-hydrogen) atoms. The van der Waals surface area contributed by atoms with Crippen LogP contribution in [0.5, 0.6) is 0 Å². The molecule has 3 rings (SSSR count). The Morgan fingerprint density at radius 2 is 1.93 bits per heavy atom. The minimum atomic E-state index is -0.108. The van der Waals surface area contributed by atoms with E-state index in [4.69, 9.17) is 0 Å². The zero-order valence-corrected chi connectivity index (χ0v) is 16.0. The van der Waals surface area contributed by atoms with Crippen molar-refractivity contribution in [1.82, 2.24) is 15.3 Å². The molecule has 1 aliphatic rings. The molecule has 1 aromatic heterocycles. The summed E-state index contributed by atoms with van der Waals surface area (Å²) in [5, 5.41) is 6.07. The quantitative estimate of drug-likeness (QED) is 0.583. The molecular formula is C21H27N5O. The third-order valence-corrected chi connectivity index (χ3v) is 4.58. The molecule has 0 saturated carbocycles. The van der Waals surface area contributed by atoms with Crippen LogP contribution in [0.2, 0.25) is 0 Å². The van der Waals surface area contributed by atoms with Crippen LogP contribution in [0, 0.1) is 13.8 Å². The van der Waals surface area contributed by atoms with Crippen LogP contribution in [-0.2, 0) is 4.79 Å². The van der Waals surface area contributed by atoms with E-state index in [1.54, 1.807) is 6.08 Å². The fourth-order valence-electron chi connectivity index (χ4n) is 3.10. The fourth-order valence-corrected chi connectivity index (χ4v) is 3.10. The molecule has 0 bridgehead atoms. The molecule has 2 aromatic rings. The van der Waals surface area contributed by atoms with E-state index in [9.17, 15) is 4.79 Å². The van der Waals surface area contributed by atoms with E-state index >= 15 is 0 Å². The standard InChI is InChI=1S/C21H27N5O/c1-16-7-3-4-8-18(16)9-10-20(27)22-11-12-23-21-24-17(2)15-19(25-21)26-13-5-6-14-26/h3-4,7-10,15H,5-6,11-14H2,1-2H3,(H,22,27)(H,23,24,25)/b10-9+. The average Bonchev–Trinajstić information content (AvgIpc) is 3.19. The Morgan fingerprint density at radius 3 is 2.70 bits per heavy atom. The molecule has 6 nitrogen and oxygen atoms in total. The van der Waals surface area contributed by atoms with Gasteiger partial charge in [-0.25, -0.2) is 4.98 Å². The molecule has 2 heterocycles. The van der Waals surface area contributed by atoms with E-state index in [1.165, 1.54) is 12.8 Å². The summed E-state index contributed by atoms with van der Waals surface area (Å²) >= 11 is 0. The lowest BCUT2D eigenvalue weighted by Crippen LogP contribution is -2.27. The largest absolute Gasteiger partial charge is 0.356 e. The van der Waals surface area contributed by atoms with E-state index in [-0.39, 0.29) is 5.91 Å². The number of anilines is 2. The SMILES string of the molecule is Cc1cc(N2CCCC2)nc(NCCNC(=O)/C=C/c2ccccc2C)n1. The van der Waals surface area contributed by atoms with Gasteiger partial charge in [-0.3, -0.25) is 4.79 Å². The Balaban J connectivity index is 1.46. The topological polar surface area (TPSA) is 70.2 Å². The highest BCUT2D eigenvalue weighted by molar-refractivity contribution is 5.91. The van der Waals surface area contributed by atoms with Crippen molar-refractivity contribution >= 4 is 23.7 Å². The van der Waals surface area contributed by atoms with E-state index in [0.29, 0.717) is 19.0 Å². The number of carbonyl (C=O) groups is 1. The zero-order chi connectivity index (χ0) is 19.1. The summed E-state index contributed by atoms with van der Waals surface area (Å²) in [4.78, 5) is 23.3. The maximum atomic E-state index is 12.0. The van der Waals surface area contributed by atoms with E-state index in [0.717, 1.165) is 35.7 Å². The van der Waals surface area contributed by atoms with Gasteiger partial charge in [-0.2, -0.15) is 4.98 Å². The number of aryl methyl sites for hydroxylation is 2. The van der Waals surface area contributed by atoms with Gasteiger partial charge in [-0.05, 0) is 43.9 Å². The summed E-state index contributed by atoms with van der Waals surface area (Å²) in [5.41, 5.74) is 3.14. The zero-order valence-electron chi connectivity index (χ0n) is 16.0. The van der Waals surface area contributed by atoms with Gasteiger partial charge in [-0.15, -0.1) is 0 Å². The predicted molar refractivity (Wildman–Crippen MR) is 110 cm³/mol. The molecule has 0 unspecified atom stereocenters. The second-order valence-corrected chi connectivity index (χ2v) is 6.79. The molecule has 142 valence electrons. The van der Waals surface area contributed by atoms with Gasteiger partial charge in [0.05, 0.1) is 0 Å². The van der Waals surface area contributed by atoms with Gasteiger partial charge in [0.2, 0.25) is 11.9 Å². The minimum absolute atomic E-state index is 0.108. The number of nitrogens with one attached hydrogen (secondary N) is 2. The number of carbonyl (C=O) groups excluding carboxylic acids is 1. The Hall–Kier alpha value is -2.89. The Labute approximate surface area is 160 Å². The van der Waals surface area contributed by atoms with Crippen LogP contribution >= 0.6 is 0 Å². The van der Waals surface area contributed by atoms with Crippen LogP contribution in [0.1, 0.15) is 29.7 Å². The fraction of sp³-hybridized carbons (Fsp3) is 0.381. The third-order valence-electron chi connectivity index (χ3n) is 4.58. The van der Waals surface area contributed by atoms with Crippen molar-refractivity contribution in [3.63, 3.8) is 0 Å². The molecule has 1 saturated heterocycles. The van der Waals surface area contributed by atoms with Gasteiger partial charge in [0.25, 0.3) is 0 Å². The van der Waals surface area contributed by atoms with Crippen molar-refractivity contribution in [2.24, 2.45) is 0 Å². The average molecular weight is 365 g/mol. The van der Waals surface area contributed by atoms with Crippen molar-refractivity contribution in [3.8, 4) is 0 Å². The number of aromatic nitrogens is 2. The van der Waals surface area contributed by atoms with Crippen molar-refractivity contribution in [1.29, 1.82) is 0 Å². The molecule has 0 spiro atoms. The van der Waals surface area contributed by atoms with E-state index in [2.05, 4.69) is 25.5 Å². The van der Waals surface area contributed by atoms with Crippen LogP contribution in [0.4, 0.5) is 11.8 Å². The van der Waals surface area contributed by atoms with Gasteiger partial charge in [-0.1, -0.05) is 24.3 Å². The third kappa shape index (κ3) is 5.54. The number of rotatable bonds is 7. The number of hydrogen-bond donors (Lipinski definition) is 2. The second kappa shape index (κ2) is 9.16. The second-order valence-electron chi connectivity index (χ2n) is 6.79. The highest BCUT2D eigenvalue weighted by Gasteiger charge is 2.14. The Morgan fingerprint density at radius 1 is 1.15 bits per heavy atom. The monoisotopic (exact) mass is 365 g/mol. The molecule has 6 heteroatoms. The maximum absolute atomic E-state index is 12.0. The Kier molecular flexibility index (Phi) is 6.41. The number of benzene rings is 1. The van der Waals surface area contributed by atoms with Gasteiger partial charge < -0.3 is 15.5 Å². The summed E-state index contributed by atoms with van der Waals surface area (Å²) in [6, 6.07) is 10.00. The van der Waals surface area contributed by atoms with Crippen LogP contribution in [0.25, 0.3) is 6.08 Å². The normalized spacial score (nSPS) is 13.9. The summed E-state index contributed by atoms with van der Waals surface area (Å²) in [5.74, 6) is 1.48. The minimum Gasteiger partial charge on any atom is -0.356 e. The summed E-state index contributed by atoms with van der Waals surface area (Å²) in [6.07, 6.45) is 5.84. The number of hydrogen-bond acceptors (Lipinski definition) is 5. The Bertz CT molecular complexity index is 812. The lowest BCUT2D eigenvalue weighted by molar-refractivity contribution is -0.116. The van der Waals surface area contributed by atoms with Gasteiger partial charge in [0.1, 0.15) is 5.82 Å². The van der Waals surface area contributed by atoms with Gasteiger partial charge >= 0.3 is 0 Å². The van der Waals surface area contributed by atoms with Gasteiger partial charge in [0, 0.05) is 44.0 Å². The van der Waals surface area contributed by atoms with Gasteiger partial charge in [0.15, 0.2) is 0 Å². The molecule has 2 N–H and O–H groups in total. The molecule has 1 fully saturated rings. The summed E-state index contributed by atoms with van der Waals surface area (Å²) in [6.45, 7) is 7.20. The lowest BCUT2D eigenvalue weighted by atomic mass is 10.1. The predicted octanol–water partition coefficient (Wildman–Crippen LogP) is 2.94. The van der Waals surface area contributed by atoms with Crippen molar-refractivity contribution < 1.29 is 4.79 Å². The molecule has 1 aliphatic heterocycles. The first-order valence-corrected chi connectivity index (χ1v) is 9.48. The summed E-state index contributed by atoms with van der Waals surface area (Å²) in [7, 11) is 0. The highest BCUT2D eigenvalue weighted by Crippen LogP contribution is 2.19. The van der Waals surface area contributed by atoms with E-state index in [1.807, 2.05) is 50.3 Å². The van der Waals surface area contributed by atoms with E-state index < -0.39 is 0 Å². The maximum Gasteiger partial charge on any atom is 0.244 e. The number of amides is 1. The molecule has 0 radical (unpaired) electrons. The molecule has 1 amide bonds. The first-order valence-electron chi connectivity index (χ1n) is 9.48. The number of nitrogens with zero attached hydrogens (tertiary/aromatic N) is 3. The van der Waals surface area contributed by atoms with Crippen LogP contribution in [0.3, 0.4) is 0 Å². The molecular weight excluding hydrogens is 338 g/mol. The van der Waals surface area contributed by atoms with Crippen LogP contribution in [0.15, 0.2) is 36.4 Å². The lowest BCUT2D eigenvalue weighted by Gasteiger charge is -2.17. The van der Waals surface area contributed by atoms with Crippen molar-refractivity contribution in [2.45, 2.75) is 26.7 Å². The molecule has 0 atom stereocenters. The first-order chi connectivity index (χ1) is 13.1. The first kappa shape index (κ1) is 18.9. The summed E-state index contributed by atoms with van der Waals surface area (Å²) < 4.78 is 0. The molecule has 0 aliphatic carbocycles. The molecule has 1 aromatic carbocycles. The smallest absolute Gasteiger partial charge is 0.244 e. The highest BCUT2D eigenvalue weighted by atomic mass is 16.1.